The number of alkyl halides is 12. The zero-order valence-electron chi connectivity index (χ0n) is 37.6. The van der Waals surface area contributed by atoms with Gasteiger partial charge in [-0.3, -0.25) is 9.97 Å². The molecule has 0 aliphatic heterocycles. The number of fused-ring (bicyclic) bond motifs is 2. The van der Waals surface area contributed by atoms with Gasteiger partial charge in [-0.2, -0.15) is 52.7 Å². The summed E-state index contributed by atoms with van der Waals surface area (Å²) in [5.74, 6) is 2.11. The number of H-pyrrole nitrogens is 2. The average Bonchev–Trinajstić information content (AvgIpc) is 4.16. The first-order valence-electron chi connectivity index (χ1n) is 21.3. The molecule has 0 saturated carbocycles. The lowest BCUT2D eigenvalue weighted by Gasteiger charge is -2.09. The SMILES string of the molecule is Cn1c(Nc2ccc(C(F)(F)F)cc2)nc2cc(Oc3ccnc(-c4ncc(C(F)(F)F)[nH]4)c3)ccc21.Cn1c(Nc2ccc(C(F)(F)F)cc2)nc2cc(Oc3ccnc(-c4ncc(C(F)(F)F)[nH]4)c3)ccc21. The minimum atomic E-state index is -4.56. The Hall–Kier alpha value is -9.10. The first-order valence-corrected chi connectivity index (χ1v) is 21.3. The number of benzene rings is 4. The molecular weight excluding hydrogens is 1000 g/mol. The molecule has 6 heterocycles. The summed E-state index contributed by atoms with van der Waals surface area (Å²) >= 11 is 0. The van der Waals surface area contributed by atoms with E-state index in [1.54, 1.807) is 59.6 Å². The average molecular weight is 1040 g/mol. The van der Waals surface area contributed by atoms with Gasteiger partial charge >= 0.3 is 24.7 Å². The molecule has 0 bridgehead atoms. The van der Waals surface area contributed by atoms with E-state index in [1.165, 1.54) is 60.9 Å². The molecule has 0 aliphatic rings. The maximum atomic E-state index is 12.9. The second kappa shape index (κ2) is 19.1. The summed E-state index contributed by atoms with van der Waals surface area (Å²) in [6, 6.07) is 25.3. The summed E-state index contributed by atoms with van der Waals surface area (Å²) in [6.07, 6.45) is -13.8. The summed E-state index contributed by atoms with van der Waals surface area (Å²) in [5, 5.41) is 5.99. The zero-order valence-corrected chi connectivity index (χ0v) is 37.6. The third-order valence-electron chi connectivity index (χ3n) is 10.8. The molecule has 4 N–H and O–H groups in total. The Morgan fingerprint density at radius 2 is 0.797 bits per heavy atom. The van der Waals surface area contributed by atoms with E-state index < -0.39 is 47.2 Å². The maximum absolute atomic E-state index is 12.9. The summed E-state index contributed by atoms with van der Waals surface area (Å²) in [4.78, 5) is 28.9. The molecule has 0 aliphatic carbocycles. The van der Waals surface area contributed by atoms with Crippen LogP contribution in [0.1, 0.15) is 22.5 Å². The topological polar surface area (TPSA) is 161 Å². The minimum absolute atomic E-state index is 0.0584. The Labute approximate surface area is 407 Å². The molecule has 74 heavy (non-hydrogen) atoms. The second-order valence-electron chi connectivity index (χ2n) is 15.9. The number of anilines is 4. The van der Waals surface area contributed by atoms with Gasteiger partial charge in [0.2, 0.25) is 11.9 Å². The van der Waals surface area contributed by atoms with Crippen molar-refractivity contribution in [2.75, 3.05) is 10.6 Å². The third kappa shape index (κ3) is 11.2. The predicted octanol–water partition coefficient (Wildman–Crippen LogP) is 13.9. The first-order chi connectivity index (χ1) is 34.9. The number of pyridine rings is 2. The smallest absolute Gasteiger partial charge is 0.432 e. The van der Waals surface area contributed by atoms with E-state index in [0.29, 0.717) is 69.7 Å². The van der Waals surface area contributed by atoms with Gasteiger partial charge in [0, 0.05) is 62.1 Å². The fourth-order valence-corrected chi connectivity index (χ4v) is 7.12. The van der Waals surface area contributed by atoms with Crippen LogP contribution in [0.2, 0.25) is 0 Å². The van der Waals surface area contributed by atoms with E-state index >= 15 is 0 Å². The number of aromatic amines is 2. The Kier molecular flexibility index (Phi) is 12.9. The molecule has 0 atom stereocenters. The van der Waals surface area contributed by atoms with Gasteiger partial charge in [0.15, 0.2) is 11.6 Å². The largest absolute Gasteiger partial charge is 0.457 e. The number of imidazole rings is 4. The van der Waals surface area contributed by atoms with Gasteiger partial charge in [-0.25, -0.2) is 19.9 Å². The molecule has 0 fully saturated rings. The van der Waals surface area contributed by atoms with Crippen LogP contribution in [-0.4, -0.2) is 49.0 Å². The highest BCUT2D eigenvalue weighted by Crippen LogP contribution is 2.36. The summed E-state index contributed by atoms with van der Waals surface area (Å²) < 4.78 is 169. The summed E-state index contributed by atoms with van der Waals surface area (Å²) in [6.45, 7) is 0. The maximum Gasteiger partial charge on any atom is 0.432 e. The number of nitrogens with one attached hydrogen (secondary N) is 4. The molecular formula is C48H32F12N12O2. The molecule has 0 unspecified atom stereocenters. The normalized spacial score (nSPS) is 12.2. The lowest BCUT2D eigenvalue weighted by atomic mass is 10.2. The van der Waals surface area contributed by atoms with Crippen LogP contribution < -0.4 is 20.1 Å². The zero-order chi connectivity index (χ0) is 52.7. The van der Waals surface area contributed by atoms with Crippen molar-refractivity contribution in [1.82, 2.24) is 49.0 Å². The summed E-state index contributed by atoms with van der Waals surface area (Å²) in [7, 11) is 3.49. The Morgan fingerprint density at radius 1 is 0.432 bits per heavy atom. The third-order valence-corrected chi connectivity index (χ3v) is 10.8. The minimum Gasteiger partial charge on any atom is -0.457 e. The van der Waals surface area contributed by atoms with Gasteiger partial charge < -0.3 is 39.2 Å². The molecule has 0 amide bonds. The fraction of sp³-hybridized carbons (Fsp3) is 0.125. The molecule has 10 rings (SSSR count). The number of hydrogen-bond acceptors (Lipinski definition) is 10. The molecule has 0 spiro atoms. The van der Waals surface area contributed by atoms with Crippen LogP contribution >= 0.6 is 0 Å². The lowest BCUT2D eigenvalue weighted by molar-refractivity contribution is -0.141. The highest BCUT2D eigenvalue weighted by molar-refractivity contribution is 5.82. The second-order valence-corrected chi connectivity index (χ2v) is 15.9. The molecule has 14 nitrogen and oxygen atoms in total. The van der Waals surface area contributed by atoms with E-state index in [-0.39, 0.29) is 23.0 Å². The predicted molar refractivity (Wildman–Crippen MR) is 245 cm³/mol. The molecule has 10 aromatic rings. The molecule has 4 aromatic carbocycles. The molecule has 26 heteroatoms. The van der Waals surface area contributed by atoms with Crippen molar-refractivity contribution in [3.05, 3.63) is 156 Å². The van der Waals surface area contributed by atoms with Gasteiger partial charge in [0.05, 0.1) is 45.6 Å². The quantitative estimate of drug-likeness (QED) is 0.0971. The van der Waals surface area contributed by atoms with Crippen molar-refractivity contribution >= 4 is 45.3 Å². The van der Waals surface area contributed by atoms with Crippen LogP contribution in [0.4, 0.5) is 76.0 Å². The van der Waals surface area contributed by atoms with Crippen molar-refractivity contribution in [3.8, 4) is 46.0 Å². The standard InChI is InChI=1S/2C24H16F6N6O/c2*1-36-19-7-6-15(10-17(19)34-22(36)33-14-4-2-13(3-5-14)23(25,26)27)37-16-8-9-31-18(11-16)21-32-12-20(35-21)24(28,29)30/h2*2-12H,1H3,(H,32,35)(H,33,34). The van der Waals surface area contributed by atoms with Gasteiger partial charge in [-0.1, -0.05) is 0 Å². The number of hydrogen-bond donors (Lipinski definition) is 4. The van der Waals surface area contributed by atoms with Crippen molar-refractivity contribution in [2.45, 2.75) is 24.7 Å². The van der Waals surface area contributed by atoms with Crippen LogP contribution in [-0.2, 0) is 38.8 Å². The van der Waals surface area contributed by atoms with Crippen molar-refractivity contribution in [1.29, 1.82) is 0 Å². The highest BCUT2D eigenvalue weighted by atomic mass is 19.4. The Balaban J connectivity index is 0.000000182. The van der Waals surface area contributed by atoms with Gasteiger partial charge in [-0.15, -0.1) is 0 Å². The van der Waals surface area contributed by atoms with Gasteiger partial charge in [-0.05, 0) is 84.9 Å². The number of nitrogens with zero attached hydrogens (tertiary/aromatic N) is 8. The lowest BCUT2D eigenvalue weighted by Crippen LogP contribution is -2.05. The van der Waals surface area contributed by atoms with Crippen LogP contribution in [0.3, 0.4) is 0 Å². The Morgan fingerprint density at radius 3 is 1.14 bits per heavy atom. The molecule has 380 valence electrons. The number of rotatable bonds is 10. The monoisotopic (exact) mass is 1040 g/mol. The number of halogens is 12. The molecule has 6 aromatic heterocycles. The Bertz CT molecular complexity index is 3380. The van der Waals surface area contributed by atoms with Crippen LogP contribution in [0.25, 0.3) is 45.1 Å². The first kappa shape index (κ1) is 49.9. The highest BCUT2D eigenvalue weighted by Gasteiger charge is 2.35. The molecule has 0 saturated heterocycles. The van der Waals surface area contributed by atoms with Crippen molar-refractivity contribution in [3.63, 3.8) is 0 Å². The van der Waals surface area contributed by atoms with E-state index in [9.17, 15) is 52.7 Å². The van der Waals surface area contributed by atoms with Gasteiger partial charge in [0.25, 0.3) is 0 Å². The number of aryl methyl sites for hydroxylation is 2. The van der Waals surface area contributed by atoms with E-state index in [1.807, 2.05) is 0 Å². The van der Waals surface area contributed by atoms with E-state index in [4.69, 9.17) is 9.47 Å². The number of aromatic nitrogens is 10. The van der Waals surface area contributed by atoms with Gasteiger partial charge in [0.1, 0.15) is 45.8 Å². The molecule has 0 radical (unpaired) electrons. The number of ether oxygens (including phenoxy) is 2. The van der Waals surface area contributed by atoms with Crippen LogP contribution in [0, 0.1) is 0 Å². The van der Waals surface area contributed by atoms with Crippen LogP contribution in [0.15, 0.2) is 134 Å². The van der Waals surface area contributed by atoms with Crippen molar-refractivity contribution in [2.24, 2.45) is 14.1 Å². The van der Waals surface area contributed by atoms with Crippen molar-refractivity contribution < 1.29 is 62.2 Å². The van der Waals surface area contributed by atoms with Crippen LogP contribution in [0.5, 0.6) is 23.0 Å². The van der Waals surface area contributed by atoms with E-state index in [2.05, 4.69) is 50.5 Å². The fourth-order valence-electron chi connectivity index (χ4n) is 7.12. The summed E-state index contributed by atoms with van der Waals surface area (Å²) in [5.41, 5.74) is 0.249. The van der Waals surface area contributed by atoms with E-state index in [0.717, 1.165) is 35.3 Å².